The highest BCUT2D eigenvalue weighted by Crippen LogP contribution is 2.00. The van der Waals surface area contributed by atoms with Crippen LogP contribution < -0.4 is 0 Å². The van der Waals surface area contributed by atoms with E-state index in [1.54, 1.807) is 0 Å². The lowest BCUT2D eigenvalue weighted by molar-refractivity contribution is -0.128. The summed E-state index contributed by atoms with van der Waals surface area (Å²) >= 11 is 0. The molecule has 1 heterocycles. The van der Waals surface area contributed by atoms with Crippen LogP contribution in [-0.2, 0) is 9.53 Å². The highest BCUT2D eigenvalue weighted by molar-refractivity contribution is 5.91. The van der Waals surface area contributed by atoms with E-state index in [0.717, 1.165) is 4.90 Å². The SMILES string of the molecule is O=C(O)N1CCOCCC1=O. The third kappa shape index (κ3) is 1.91. The molecule has 1 aliphatic heterocycles. The summed E-state index contributed by atoms with van der Waals surface area (Å²) in [5.74, 6) is -0.380. The Morgan fingerprint density at radius 3 is 2.91 bits per heavy atom. The minimum atomic E-state index is -1.19. The van der Waals surface area contributed by atoms with Crippen molar-refractivity contribution in [3.8, 4) is 0 Å². The van der Waals surface area contributed by atoms with Gasteiger partial charge in [-0.15, -0.1) is 0 Å². The molecular formula is C6H9NO4. The Balaban J connectivity index is 2.59. The number of ether oxygens (including phenoxy) is 1. The Morgan fingerprint density at radius 2 is 2.27 bits per heavy atom. The van der Waals surface area contributed by atoms with Crippen LogP contribution in [0.25, 0.3) is 0 Å². The second-order valence-corrected chi connectivity index (χ2v) is 2.19. The Bertz CT molecular complexity index is 179. The van der Waals surface area contributed by atoms with Crippen molar-refractivity contribution in [2.24, 2.45) is 0 Å². The molecule has 1 fully saturated rings. The Kier molecular flexibility index (Phi) is 2.43. The molecule has 5 nitrogen and oxygen atoms in total. The summed E-state index contributed by atoms with van der Waals surface area (Å²) in [4.78, 5) is 22.1. The van der Waals surface area contributed by atoms with Crippen LogP contribution in [0.1, 0.15) is 6.42 Å². The Labute approximate surface area is 63.5 Å². The van der Waals surface area contributed by atoms with Crippen molar-refractivity contribution in [2.45, 2.75) is 6.42 Å². The second-order valence-electron chi connectivity index (χ2n) is 2.19. The molecular weight excluding hydrogens is 150 g/mol. The topological polar surface area (TPSA) is 66.8 Å². The maximum Gasteiger partial charge on any atom is 0.414 e. The van der Waals surface area contributed by atoms with Crippen LogP contribution in [0.3, 0.4) is 0 Å². The van der Waals surface area contributed by atoms with Gasteiger partial charge in [-0.05, 0) is 0 Å². The van der Waals surface area contributed by atoms with E-state index in [1.165, 1.54) is 0 Å². The number of amides is 2. The van der Waals surface area contributed by atoms with E-state index in [2.05, 4.69) is 0 Å². The number of carbonyl (C=O) groups excluding carboxylic acids is 1. The first-order chi connectivity index (χ1) is 5.22. The van der Waals surface area contributed by atoms with Gasteiger partial charge in [0.15, 0.2) is 0 Å². The van der Waals surface area contributed by atoms with E-state index < -0.39 is 6.09 Å². The predicted molar refractivity (Wildman–Crippen MR) is 35.2 cm³/mol. The van der Waals surface area contributed by atoms with Crippen LogP contribution in [0.15, 0.2) is 0 Å². The highest BCUT2D eigenvalue weighted by Gasteiger charge is 2.21. The van der Waals surface area contributed by atoms with Gasteiger partial charge in [-0.2, -0.15) is 0 Å². The number of imide groups is 1. The zero-order valence-electron chi connectivity index (χ0n) is 5.95. The van der Waals surface area contributed by atoms with Crippen LogP contribution >= 0.6 is 0 Å². The maximum absolute atomic E-state index is 10.9. The fraction of sp³-hybridized carbons (Fsp3) is 0.667. The molecule has 1 N–H and O–H groups in total. The summed E-state index contributed by atoms with van der Waals surface area (Å²) in [7, 11) is 0. The monoisotopic (exact) mass is 159 g/mol. The van der Waals surface area contributed by atoms with Crippen LogP contribution in [0.5, 0.6) is 0 Å². The number of hydrogen-bond donors (Lipinski definition) is 1. The summed E-state index contributed by atoms with van der Waals surface area (Å²) in [6.07, 6.45) is -1.03. The van der Waals surface area contributed by atoms with Gasteiger partial charge in [0.25, 0.3) is 0 Å². The van der Waals surface area contributed by atoms with Gasteiger partial charge >= 0.3 is 6.09 Å². The van der Waals surface area contributed by atoms with Crippen molar-refractivity contribution in [1.82, 2.24) is 4.90 Å². The standard InChI is InChI=1S/C6H9NO4/c8-5-1-3-11-4-2-7(5)6(9)10/h1-4H2,(H,9,10). The first-order valence-corrected chi connectivity index (χ1v) is 3.33. The number of rotatable bonds is 0. The molecule has 0 saturated carbocycles. The Morgan fingerprint density at radius 1 is 1.55 bits per heavy atom. The molecule has 5 heteroatoms. The lowest BCUT2D eigenvalue weighted by Crippen LogP contribution is -2.36. The third-order valence-electron chi connectivity index (χ3n) is 1.45. The van der Waals surface area contributed by atoms with Crippen molar-refractivity contribution in [3.63, 3.8) is 0 Å². The smallest absolute Gasteiger partial charge is 0.414 e. The molecule has 1 saturated heterocycles. The van der Waals surface area contributed by atoms with Crippen molar-refractivity contribution in [3.05, 3.63) is 0 Å². The van der Waals surface area contributed by atoms with Gasteiger partial charge in [0.05, 0.1) is 26.2 Å². The summed E-state index contributed by atoms with van der Waals surface area (Å²) in [5.41, 5.74) is 0. The molecule has 0 radical (unpaired) electrons. The molecule has 62 valence electrons. The zero-order valence-corrected chi connectivity index (χ0v) is 5.95. The van der Waals surface area contributed by atoms with Gasteiger partial charge in [-0.25, -0.2) is 9.69 Å². The lowest BCUT2D eigenvalue weighted by Gasteiger charge is -2.11. The number of hydrogen-bond acceptors (Lipinski definition) is 3. The van der Waals surface area contributed by atoms with E-state index in [9.17, 15) is 9.59 Å². The molecule has 1 rings (SSSR count). The Hall–Kier alpha value is -1.10. The van der Waals surface area contributed by atoms with Crippen molar-refractivity contribution in [2.75, 3.05) is 19.8 Å². The van der Waals surface area contributed by atoms with E-state index in [4.69, 9.17) is 9.84 Å². The first kappa shape index (κ1) is 8.00. The number of nitrogens with zero attached hydrogens (tertiary/aromatic N) is 1. The average Bonchev–Trinajstić information content (AvgIpc) is 2.13. The molecule has 0 aromatic rings. The van der Waals surface area contributed by atoms with Crippen LogP contribution in [-0.4, -0.2) is 41.8 Å². The van der Waals surface area contributed by atoms with Gasteiger partial charge in [-0.1, -0.05) is 0 Å². The molecule has 0 bridgehead atoms. The molecule has 0 aliphatic carbocycles. The third-order valence-corrected chi connectivity index (χ3v) is 1.45. The molecule has 0 aromatic carbocycles. The summed E-state index contributed by atoms with van der Waals surface area (Å²) in [6.45, 7) is 0.773. The van der Waals surface area contributed by atoms with Gasteiger partial charge in [0.1, 0.15) is 0 Å². The maximum atomic E-state index is 10.9. The zero-order chi connectivity index (χ0) is 8.27. The van der Waals surface area contributed by atoms with E-state index >= 15 is 0 Å². The van der Waals surface area contributed by atoms with Crippen LogP contribution in [0.4, 0.5) is 4.79 Å². The molecule has 0 aromatic heterocycles. The number of carbonyl (C=O) groups is 2. The fourth-order valence-corrected chi connectivity index (χ4v) is 0.879. The summed E-state index contributed by atoms with van der Waals surface area (Å²) < 4.78 is 4.92. The van der Waals surface area contributed by atoms with E-state index in [0.29, 0.717) is 13.2 Å². The van der Waals surface area contributed by atoms with Gasteiger partial charge in [0.2, 0.25) is 5.91 Å². The minimum absolute atomic E-state index is 0.147. The molecule has 0 spiro atoms. The molecule has 1 aliphatic rings. The second kappa shape index (κ2) is 3.34. The van der Waals surface area contributed by atoms with Gasteiger partial charge in [0, 0.05) is 0 Å². The van der Waals surface area contributed by atoms with Crippen molar-refractivity contribution in [1.29, 1.82) is 0 Å². The number of carboxylic acid groups (broad SMARTS) is 1. The highest BCUT2D eigenvalue weighted by atomic mass is 16.5. The lowest BCUT2D eigenvalue weighted by atomic mass is 10.4. The predicted octanol–water partition coefficient (Wildman–Crippen LogP) is -0.0867. The minimum Gasteiger partial charge on any atom is -0.465 e. The summed E-state index contributed by atoms with van der Waals surface area (Å²) in [6, 6.07) is 0. The quantitative estimate of drug-likeness (QED) is 0.536. The molecule has 0 unspecified atom stereocenters. The normalized spacial score (nSPS) is 19.6. The van der Waals surface area contributed by atoms with Gasteiger partial charge < -0.3 is 9.84 Å². The average molecular weight is 159 g/mol. The molecule has 0 atom stereocenters. The van der Waals surface area contributed by atoms with Crippen molar-refractivity contribution < 1.29 is 19.4 Å². The summed E-state index contributed by atoms with van der Waals surface area (Å²) in [5, 5.41) is 8.48. The first-order valence-electron chi connectivity index (χ1n) is 3.33. The van der Waals surface area contributed by atoms with E-state index in [1.807, 2.05) is 0 Å². The fourth-order valence-electron chi connectivity index (χ4n) is 0.879. The van der Waals surface area contributed by atoms with Crippen LogP contribution in [0.2, 0.25) is 0 Å². The van der Waals surface area contributed by atoms with Crippen molar-refractivity contribution >= 4 is 12.0 Å². The largest absolute Gasteiger partial charge is 0.465 e. The molecule has 2 amide bonds. The molecule has 11 heavy (non-hydrogen) atoms. The van der Waals surface area contributed by atoms with Crippen LogP contribution in [0, 0.1) is 0 Å². The van der Waals surface area contributed by atoms with E-state index in [-0.39, 0.29) is 18.9 Å². The van der Waals surface area contributed by atoms with Gasteiger partial charge in [-0.3, -0.25) is 4.79 Å².